The van der Waals surface area contributed by atoms with Gasteiger partial charge in [-0.15, -0.1) is 0 Å². The van der Waals surface area contributed by atoms with E-state index in [0.29, 0.717) is 17.6 Å². The molecule has 2 fully saturated rings. The quantitative estimate of drug-likeness (QED) is 0.452. The fourth-order valence-electron chi connectivity index (χ4n) is 1.79. The Bertz CT molecular complexity index is 129. The fraction of sp³-hybridized carbons (Fsp3) is 1.00. The normalized spacial score (nSPS) is 46.0. The highest BCUT2D eigenvalue weighted by molar-refractivity contribution is 4.95. The van der Waals surface area contributed by atoms with Gasteiger partial charge in [0.05, 0.1) is 12.2 Å². The van der Waals surface area contributed by atoms with Crippen molar-refractivity contribution in [3.8, 4) is 0 Å². The molecule has 0 aromatic carbocycles. The molecule has 52 valence electrons. The Morgan fingerprint density at radius 2 is 2.11 bits per heavy atom. The molecule has 1 aliphatic carbocycles. The Kier molecular flexibility index (Phi) is 0.963. The molecule has 1 heteroatoms. The average molecular weight is 126 g/mol. The van der Waals surface area contributed by atoms with Gasteiger partial charge in [0, 0.05) is 0 Å². The molecule has 2 rings (SSSR count). The smallest absolute Gasteiger partial charge is 0.0847 e. The number of ether oxygens (including phenoxy) is 1. The third kappa shape index (κ3) is 0.983. The molecule has 0 bridgehead atoms. The third-order valence-electron chi connectivity index (χ3n) is 2.55. The highest BCUT2D eigenvalue weighted by Crippen LogP contribution is 2.45. The molecule has 1 aliphatic heterocycles. The first-order valence-corrected chi connectivity index (χ1v) is 3.83. The van der Waals surface area contributed by atoms with Gasteiger partial charge in [-0.3, -0.25) is 0 Å². The summed E-state index contributed by atoms with van der Waals surface area (Å²) in [5, 5.41) is 0. The zero-order chi connectivity index (χ0) is 6.48. The lowest BCUT2D eigenvalue weighted by Crippen LogP contribution is -2.20. The first-order valence-electron chi connectivity index (χ1n) is 3.83. The van der Waals surface area contributed by atoms with E-state index in [1.54, 1.807) is 0 Å². The van der Waals surface area contributed by atoms with Crippen LogP contribution in [0.25, 0.3) is 0 Å². The summed E-state index contributed by atoms with van der Waals surface area (Å²) in [7, 11) is 0. The second-order valence-electron chi connectivity index (χ2n) is 4.12. The Morgan fingerprint density at radius 1 is 1.33 bits per heavy atom. The maximum absolute atomic E-state index is 5.41. The van der Waals surface area contributed by atoms with E-state index in [4.69, 9.17) is 4.74 Å². The second kappa shape index (κ2) is 1.51. The van der Waals surface area contributed by atoms with Crippen LogP contribution in [0.2, 0.25) is 0 Å². The number of hydrogen-bond donors (Lipinski definition) is 0. The maximum atomic E-state index is 5.41. The van der Waals surface area contributed by atoms with Crippen LogP contribution in [-0.2, 0) is 4.74 Å². The molecule has 0 spiro atoms. The second-order valence-corrected chi connectivity index (χ2v) is 4.12. The van der Waals surface area contributed by atoms with Crippen LogP contribution in [-0.4, -0.2) is 12.2 Å². The van der Waals surface area contributed by atoms with Crippen molar-refractivity contribution in [1.82, 2.24) is 0 Å². The highest BCUT2D eigenvalue weighted by Gasteiger charge is 2.46. The van der Waals surface area contributed by atoms with Crippen molar-refractivity contribution < 1.29 is 4.74 Å². The number of fused-ring (bicyclic) bond motifs is 1. The van der Waals surface area contributed by atoms with E-state index in [1.165, 1.54) is 19.3 Å². The summed E-state index contributed by atoms with van der Waals surface area (Å²) in [6.07, 6.45) is 5.26. The van der Waals surface area contributed by atoms with E-state index in [1.807, 2.05) is 0 Å². The molecule has 0 unspecified atom stereocenters. The molecule has 9 heavy (non-hydrogen) atoms. The van der Waals surface area contributed by atoms with Crippen molar-refractivity contribution in [1.29, 1.82) is 0 Å². The summed E-state index contributed by atoms with van der Waals surface area (Å²) in [5.41, 5.74) is 0.567. The molecule has 0 N–H and O–H groups in total. The molecule has 1 saturated heterocycles. The van der Waals surface area contributed by atoms with Crippen molar-refractivity contribution in [2.75, 3.05) is 0 Å². The Morgan fingerprint density at radius 3 is 2.67 bits per heavy atom. The maximum Gasteiger partial charge on any atom is 0.0847 e. The van der Waals surface area contributed by atoms with Gasteiger partial charge in [-0.1, -0.05) is 13.8 Å². The van der Waals surface area contributed by atoms with Crippen LogP contribution in [0.5, 0.6) is 0 Å². The first kappa shape index (κ1) is 5.72. The molecule has 1 heterocycles. The van der Waals surface area contributed by atoms with Gasteiger partial charge in [0.25, 0.3) is 0 Å². The van der Waals surface area contributed by atoms with E-state index in [9.17, 15) is 0 Å². The Hall–Kier alpha value is -0.0400. The van der Waals surface area contributed by atoms with Crippen LogP contribution in [0.1, 0.15) is 33.1 Å². The SMILES string of the molecule is CC1(C)CC[C@@H]2O[C@H]2C1. The van der Waals surface area contributed by atoms with Crippen LogP contribution in [0.4, 0.5) is 0 Å². The lowest BCUT2D eigenvalue weighted by atomic mass is 9.78. The lowest BCUT2D eigenvalue weighted by molar-refractivity contribution is 0.264. The summed E-state index contributed by atoms with van der Waals surface area (Å²) < 4.78 is 5.41. The van der Waals surface area contributed by atoms with Crippen molar-refractivity contribution in [3.63, 3.8) is 0 Å². The van der Waals surface area contributed by atoms with Crippen molar-refractivity contribution in [2.24, 2.45) is 5.41 Å². The van der Waals surface area contributed by atoms with Gasteiger partial charge < -0.3 is 4.74 Å². The largest absolute Gasteiger partial charge is 0.370 e. The van der Waals surface area contributed by atoms with E-state index >= 15 is 0 Å². The molecule has 0 amide bonds. The zero-order valence-electron chi connectivity index (χ0n) is 6.18. The lowest BCUT2D eigenvalue weighted by Gasteiger charge is -2.26. The Balaban J connectivity index is 2.01. The predicted molar refractivity (Wildman–Crippen MR) is 36.3 cm³/mol. The van der Waals surface area contributed by atoms with E-state index < -0.39 is 0 Å². The van der Waals surface area contributed by atoms with Gasteiger partial charge in [-0.2, -0.15) is 0 Å². The number of hydrogen-bond acceptors (Lipinski definition) is 1. The van der Waals surface area contributed by atoms with Gasteiger partial charge in [-0.25, -0.2) is 0 Å². The third-order valence-corrected chi connectivity index (χ3v) is 2.55. The zero-order valence-corrected chi connectivity index (χ0v) is 6.18. The molecule has 0 aromatic rings. The monoisotopic (exact) mass is 126 g/mol. The fourth-order valence-corrected chi connectivity index (χ4v) is 1.79. The van der Waals surface area contributed by atoms with Gasteiger partial charge in [0.15, 0.2) is 0 Å². The van der Waals surface area contributed by atoms with Crippen LogP contribution < -0.4 is 0 Å². The summed E-state index contributed by atoms with van der Waals surface area (Å²) in [6, 6.07) is 0. The summed E-state index contributed by atoms with van der Waals surface area (Å²) in [4.78, 5) is 0. The average Bonchev–Trinajstić information content (AvgIpc) is 2.41. The van der Waals surface area contributed by atoms with Crippen LogP contribution in [0, 0.1) is 5.41 Å². The van der Waals surface area contributed by atoms with Crippen LogP contribution in [0.15, 0.2) is 0 Å². The summed E-state index contributed by atoms with van der Waals surface area (Å²) in [6.45, 7) is 4.68. The van der Waals surface area contributed by atoms with Crippen LogP contribution >= 0.6 is 0 Å². The first-order chi connectivity index (χ1) is 4.17. The minimum Gasteiger partial charge on any atom is -0.370 e. The molecular weight excluding hydrogens is 112 g/mol. The standard InChI is InChI=1S/C8H14O/c1-8(2)4-3-6-7(5-8)9-6/h6-7H,3-5H2,1-2H3/t6-,7-/m0/s1. The topological polar surface area (TPSA) is 12.5 Å². The molecule has 2 aliphatic rings. The number of epoxide rings is 1. The van der Waals surface area contributed by atoms with Gasteiger partial charge >= 0.3 is 0 Å². The Labute approximate surface area is 56.4 Å². The number of rotatable bonds is 0. The highest BCUT2D eigenvalue weighted by atomic mass is 16.6. The predicted octanol–water partition coefficient (Wildman–Crippen LogP) is 1.96. The van der Waals surface area contributed by atoms with Crippen LogP contribution in [0.3, 0.4) is 0 Å². The molecular formula is C8H14O. The van der Waals surface area contributed by atoms with E-state index in [2.05, 4.69) is 13.8 Å². The molecule has 0 aromatic heterocycles. The van der Waals surface area contributed by atoms with E-state index in [0.717, 1.165) is 0 Å². The van der Waals surface area contributed by atoms with Gasteiger partial charge in [0.1, 0.15) is 0 Å². The summed E-state index contributed by atoms with van der Waals surface area (Å²) in [5.74, 6) is 0. The van der Waals surface area contributed by atoms with Gasteiger partial charge in [0.2, 0.25) is 0 Å². The van der Waals surface area contributed by atoms with Crippen molar-refractivity contribution in [2.45, 2.75) is 45.3 Å². The minimum atomic E-state index is 0.567. The molecule has 2 atom stereocenters. The molecule has 1 nitrogen and oxygen atoms in total. The van der Waals surface area contributed by atoms with Gasteiger partial charge in [-0.05, 0) is 24.7 Å². The molecule has 0 radical (unpaired) electrons. The molecule has 1 saturated carbocycles. The summed E-state index contributed by atoms with van der Waals surface area (Å²) >= 11 is 0. The van der Waals surface area contributed by atoms with Crippen molar-refractivity contribution in [3.05, 3.63) is 0 Å². The van der Waals surface area contributed by atoms with E-state index in [-0.39, 0.29) is 0 Å². The van der Waals surface area contributed by atoms with Crippen molar-refractivity contribution >= 4 is 0 Å². The minimum absolute atomic E-state index is 0.567.